The molecule has 0 aliphatic heterocycles. The quantitative estimate of drug-likeness (QED) is 0.513. The molecule has 0 fully saturated rings. The van der Waals surface area contributed by atoms with Crippen molar-refractivity contribution in [3.8, 4) is 11.5 Å². The fourth-order valence-electron chi connectivity index (χ4n) is 2.80. The maximum Gasteiger partial charge on any atom is 0.255 e. The van der Waals surface area contributed by atoms with Crippen molar-refractivity contribution in [2.45, 2.75) is 13.8 Å². The lowest BCUT2D eigenvalue weighted by Crippen LogP contribution is -2.15. The number of anilines is 2. The summed E-state index contributed by atoms with van der Waals surface area (Å²) < 4.78 is 11.4. The van der Waals surface area contributed by atoms with Gasteiger partial charge in [-0.1, -0.05) is 11.6 Å². The first-order chi connectivity index (χ1) is 15.0. The van der Waals surface area contributed by atoms with Gasteiger partial charge in [0.2, 0.25) is 0 Å². The second kappa shape index (κ2) is 10.4. The van der Waals surface area contributed by atoms with E-state index >= 15 is 0 Å². The van der Waals surface area contributed by atoms with Crippen molar-refractivity contribution >= 4 is 34.8 Å². The fraction of sp³-hybridized carbons (Fsp3) is 0.174. The van der Waals surface area contributed by atoms with Gasteiger partial charge in [-0.05, 0) is 50.2 Å². The molecule has 0 radical (unpaired) electrons. The Balaban J connectivity index is 1.92. The van der Waals surface area contributed by atoms with Gasteiger partial charge in [0, 0.05) is 40.7 Å². The average Bonchev–Trinajstić information content (AvgIpc) is 2.77. The summed E-state index contributed by atoms with van der Waals surface area (Å²) in [5, 5.41) is 6.21. The third-order valence-corrected chi connectivity index (χ3v) is 4.48. The number of aromatic nitrogens is 1. The summed E-state index contributed by atoms with van der Waals surface area (Å²) in [4.78, 5) is 29.2. The highest BCUT2D eigenvalue weighted by Gasteiger charge is 2.17. The highest BCUT2D eigenvalue weighted by atomic mass is 35.5. The first-order valence-corrected chi connectivity index (χ1v) is 10.1. The van der Waals surface area contributed by atoms with Crippen LogP contribution in [0.15, 0.2) is 60.9 Å². The predicted molar refractivity (Wildman–Crippen MR) is 120 cm³/mol. The van der Waals surface area contributed by atoms with Gasteiger partial charge in [0.15, 0.2) is 0 Å². The van der Waals surface area contributed by atoms with E-state index < -0.39 is 0 Å². The Bertz CT molecular complexity index is 1060. The van der Waals surface area contributed by atoms with Crippen molar-refractivity contribution in [2.24, 2.45) is 0 Å². The molecule has 2 aromatic carbocycles. The lowest BCUT2D eigenvalue weighted by molar-refractivity contribution is 0.101. The van der Waals surface area contributed by atoms with E-state index in [1.807, 2.05) is 13.8 Å². The Kier molecular flexibility index (Phi) is 7.45. The molecule has 0 aliphatic rings. The largest absolute Gasteiger partial charge is 0.492 e. The molecule has 31 heavy (non-hydrogen) atoms. The Morgan fingerprint density at radius 2 is 1.26 bits per heavy atom. The molecule has 1 aromatic heterocycles. The molecule has 0 bridgehead atoms. The van der Waals surface area contributed by atoms with Crippen molar-refractivity contribution in [3.05, 3.63) is 77.1 Å². The Labute approximate surface area is 185 Å². The van der Waals surface area contributed by atoms with E-state index in [0.29, 0.717) is 52.2 Å². The van der Waals surface area contributed by atoms with Crippen molar-refractivity contribution in [3.63, 3.8) is 0 Å². The van der Waals surface area contributed by atoms with Crippen LogP contribution in [-0.2, 0) is 0 Å². The zero-order chi connectivity index (χ0) is 22.2. The van der Waals surface area contributed by atoms with Gasteiger partial charge >= 0.3 is 0 Å². The van der Waals surface area contributed by atoms with E-state index in [4.69, 9.17) is 21.1 Å². The molecule has 7 nitrogen and oxygen atoms in total. The van der Waals surface area contributed by atoms with E-state index in [9.17, 15) is 9.59 Å². The van der Waals surface area contributed by atoms with Gasteiger partial charge in [0.1, 0.15) is 11.5 Å². The van der Waals surface area contributed by atoms with Crippen LogP contribution in [0.4, 0.5) is 11.4 Å². The number of carbonyl (C=O) groups excluding carboxylic acids is 2. The van der Waals surface area contributed by atoms with Crippen LogP contribution in [0.3, 0.4) is 0 Å². The number of hydrogen-bond donors (Lipinski definition) is 2. The minimum absolute atomic E-state index is 0.316. The summed E-state index contributed by atoms with van der Waals surface area (Å²) >= 11 is 5.90. The predicted octanol–water partition coefficient (Wildman–Crippen LogP) is 5.04. The fourth-order valence-corrected chi connectivity index (χ4v) is 2.92. The van der Waals surface area contributed by atoms with Gasteiger partial charge < -0.3 is 20.1 Å². The van der Waals surface area contributed by atoms with Crippen LogP contribution in [-0.4, -0.2) is 30.0 Å². The number of halogens is 1. The molecule has 3 aromatic rings. The van der Waals surface area contributed by atoms with Crippen LogP contribution in [0.1, 0.15) is 34.6 Å². The van der Waals surface area contributed by atoms with E-state index in [0.717, 1.165) is 0 Å². The maximum atomic E-state index is 12.7. The topological polar surface area (TPSA) is 89.5 Å². The number of nitrogens with one attached hydrogen (secondary N) is 2. The number of amides is 2. The normalized spacial score (nSPS) is 10.3. The number of nitrogens with zero attached hydrogens (tertiary/aromatic N) is 1. The van der Waals surface area contributed by atoms with Crippen molar-refractivity contribution in [1.29, 1.82) is 0 Å². The smallest absolute Gasteiger partial charge is 0.255 e. The molecule has 0 saturated heterocycles. The zero-order valence-corrected chi connectivity index (χ0v) is 17.9. The summed E-state index contributed by atoms with van der Waals surface area (Å²) in [5.41, 5.74) is 1.75. The molecule has 1 heterocycles. The van der Waals surface area contributed by atoms with Gasteiger partial charge in [-0.2, -0.15) is 0 Å². The monoisotopic (exact) mass is 439 g/mol. The molecule has 0 saturated carbocycles. The molecule has 2 N–H and O–H groups in total. The second-order valence-electron chi connectivity index (χ2n) is 6.36. The first-order valence-electron chi connectivity index (χ1n) is 9.73. The maximum absolute atomic E-state index is 12.7. The SMILES string of the molecule is CCOc1cc(NC(=O)c2ccc(Cl)cc2)c(OCC)cc1NC(=O)c1ccncc1. The Hall–Kier alpha value is -3.58. The van der Waals surface area contributed by atoms with Crippen molar-refractivity contribution in [2.75, 3.05) is 23.8 Å². The average molecular weight is 440 g/mol. The molecule has 160 valence electrons. The number of hydrogen-bond acceptors (Lipinski definition) is 5. The summed E-state index contributed by atoms with van der Waals surface area (Å²) in [7, 11) is 0. The van der Waals surface area contributed by atoms with E-state index in [-0.39, 0.29) is 11.8 Å². The van der Waals surface area contributed by atoms with Crippen molar-refractivity contribution < 1.29 is 19.1 Å². The summed E-state index contributed by atoms with van der Waals surface area (Å²) in [6.07, 6.45) is 3.08. The molecule has 3 rings (SSSR count). The molecule has 2 amide bonds. The number of carbonyl (C=O) groups is 2. The standard InChI is InChI=1S/C23H22ClN3O4/c1-3-30-20-14-19(27-23(29)16-9-11-25-12-10-16)21(31-4-2)13-18(20)26-22(28)15-5-7-17(24)8-6-15/h5-14H,3-4H2,1-2H3,(H,26,28)(H,27,29). The lowest BCUT2D eigenvalue weighted by Gasteiger charge is -2.18. The number of ether oxygens (including phenoxy) is 2. The van der Waals surface area contributed by atoms with Gasteiger partial charge in [-0.25, -0.2) is 0 Å². The third-order valence-electron chi connectivity index (χ3n) is 4.23. The second-order valence-corrected chi connectivity index (χ2v) is 6.80. The molecule has 0 unspecified atom stereocenters. The molecule has 8 heteroatoms. The van der Waals surface area contributed by atoms with E-state index in [1.54, 1.807) is 60.9 Å². The number of pyridine rings is 1. The number of rotatable bonds is 8. The lowest BCUT2D eigenvalue weighted by atomic mass is 10.1. The van der Waals surface area contributed by atoms with Crippen LogP contribution in [0.5, 0.6) is 11.5 Å². The van der Waals surface area contributed by atoms with Crippen LogP contribution < -0.4 is 20.1 Å². The highest BCUT2D eigenvalue weighted by Crippen LogP contribution is 2.37. The summed E-state index contributed by atoms with van der Waals surface area (Å²) in [5.74, 6) is 0.162. The number of benzene rings is 2. The minimum Gasteiger partial charge on any atom is -0.492 e. The van der Waals surface area contributed by atoms with Crippen LogP contribution >= 0.6 is 11.6 Å². The van der Waals surface area contributed by atoms with Crippen molar-refractivity contribution in [1.82, 2.24) is 4.98 Å². The summed E-state index contributed by atoms with van der Waals surface area (Å²) in [6, 6.07) is 13.0. The third kappa shape index (κ3) is 5.73. The molecular formula is C23H22ClN3O4. The molecule has 0 atom stereocenters. The van der Waals surface area contributed by atoms with E-state index in [1.165, 1.54) is 0 Å². The minimum atomic E-state index is -0.325. The first kappa shape index (κ1) is 22.1. The molecule has 0 spiro atoms. The van der Waals surface area contributed by atoms with Gasteiger partial charge in [-0.15, -0.1) is 0 Å². The van der Waals surface area contributed by atoms with E-state index in [2.05, 4.69) is 15.6 Å². The van der Waals surface area contributed by atoms with Crippen LogP contribution in [0.2, 0.25) is 5.02 Å². The zero-order valence-electron chi connectivity index (χ0n) is 17.1. The Morgan fingerprint density at radius 1 is 0.806 bits per heavy atom. The highest BCUT2D eigenvalue weighted by molar-refractivity contribution is 6.30. The van der Waals surface area contributed by atoms with Crippen LogP contribution in [0, 0.1) is 0 Å². The van der Waals surface area contributed by atoms with Gasteiger partial charge in [0.25, 0.3) is 11.8 Å². The van der Waals surface area contributed by atoms with Crippen LogP contribution in [0.25, 0.3) is 0 Å². The molecule has 0 aliphatic carbocycles. The summed E-state index contributed by atoms with van der Waals surface area (Å²) in [6.45, 7) is 4.40. The van der Waals surface area contributed by atoms with Gasteiger partial charge in [0.05, 0.1) is 24.6 Å². The molecular weight excluding hydrogens is 418 g/mol. The van der Waals surface area contributed by atoms with Gasteiger partial charge in [-0.3, -0.25) is 14.6 Å². The Morgan fingerprint density at radius 3 is 1.71 bits per heavy atom.